The van der Waals surface area contributed by atoms with E-state index in [2.05, 4.69) is 11.9 Å². The molecule has 0 bridgehead atoms. The molecule has 17 heavy (non-hydrogen) atoms. The lowest BCUT2D eigenvalue weighted by Gasteiger charge is -2.18. The summed E-state index contributed by atoms with van der Waals surface area (Å²) in [4.78, 5) is 15.2. The van der Waals surface area contributed by atoms with E-state index >= 15 is 0 Å². The number of carbonyl (C=O) groups is 1. The first-order chi connectivity index (χ1) is 8.15. The molecule has 0 saturated heterocycles. The number of rotatable bonds is 6. The highest BCUT2D eigenvalue weighted by Crippen LogP contribution is 2.14. The largest absolute Gasteiger partial charge is 0.421 e. The normalized spacial score (nSPS) is 14.3. The van der Waals surface area contributed by atoms with E-state index in [1.807, 2.05) is 6.92 Å². The lowest BCUT2D eigenvalue weighted by molar-refractivity contribution is -0.0877. The third-order valence-electron chi connectivity index (χ3n) is 2.69. The third-order valence-corrected chi connectivity index (χ3v) is 2.69. The molecule has 0 aromatic carbocycles. The summed E-state index contributed by atoms with van der Waals surface area (Å²) < 4.78 is 6.12. The van der Waals surface area contributed by atoms with Crippen LogP contribution in [0.5, 0.6) is 0 Å². The zero-order valence-corrected chi connectivity index (χ0v) is 10.4. The van der Waals surface area contributed by atoms with Gasteiger partial charge in [-0.05, 0) is 6.42 Å². The van der Waals surface area contributed by atoms with Gasteiger partial charge in [0, 0.05) is 18.3 Å². The zero-order chi connectivity index (χ0) is 12.7. The number of hydrogen-bond acceptors (Lipinski definition) is 4. The van der Waals surface area contributed by atoms with Crippen LogP contribution in [0.4, 0.5) is 4.79 Å². The van der Waals surface area contributed by atoms with Crippen LogP contribution in [0.1, 0.15) is 39.5 Å². The minimum Gasteiger partial charge on any atom is -0.419 e. The molecule has 96 valence electrons. The monoisotopic (exact) mass is 240 g/mol. The smallest absolute Gasteiger partial charge is 0.419 e. The lowest BCUT2D eigenvalue weighted by atomic mass is 10.0. The summed E-state index contributed by atoms with van der Waals surface area (Å²) in [5.41, 5.74) is 0. The standard InChI is InChI=1S/C12H20N2O3/c1-3-4-5-6-10(2)11(15)17-12(16)14-8-7-13-9-14/h7-11,15H,3-6H2,1-2H3/t10-,11?/m1/s1. The number of aliphatic hydroxyl groups excluding tert-OH is 1. The molecule has 5 nitrogen and oxygen atoms in total. The fourth-order valence-electron chi connectivity index (χ4n) is 1.51. The lowest BCUT2D eigenvalue weighted by Crippen LogP contribution is -2.27. The van der Waals surface area contributed by atoms with Gasteiger partial charge in [0.15, 0.2) is 0 Å². The van der Waals surface area contributed by atoms with Gasteiger partial charge in [-0.3, -0.25) is 0 Å². The summed E-state index contributed by atoms with van der Waals surface area (Å²) in [7, 11) is 0. The molecular weight excluding hydrogens is 220 g/mol. The summed E-state index contributed by atoms with van der Waals surface area (Å²) >= 11 is 0. The van der Waals surface area contributed by atoms with Crippen LogP contribution in [0.3, 0.4) is 0 Å². The predicted molar refractivity (Wildman–Crippen MR) is 63.4 cm³/mol. The van der Waals surface area contributed by atoms with E-state index < -0.39 is 12.4 Å². The Kier molecular flexibility index (Phi) is 5.69. The van der Waals surface area contributed by atoms with E-state index in [0.717, 1.165) is 25.7 Å². The van der Waals surface area contributed by atoms with Crippen molar-refractivity contribution < 1.29 is 14.6 Å². The Hall–Kier alpha value is -1.36. The van der Waals surface area contributed by atoms with Crippen LogP contribution in [-0.4, -0.2) is 27.0 Å². The van der Waals surface area contributed by atoms with Gasteiger partial charge in [0.25, 0.3) is 0 Å². The number of aliphatic hydroxyl groups is 1. The van der Waals surface area contributed by atoms with Crippen molar-refractivity contribution in [3.8, 4) is 0 Å². The van der Waals surface area contributed by atoms with Gasteiger partial charge in [-0.1, -0.05) is 33.1 Å². The van der Waals surface area contributed by atoms with Crippen LogP contribution in [0, 0.1) is 5.92 Å². The first-order valence-electron chi connectivity index (χ1n) is 6.02. The van der Waals surface area contributed by atoms with Gasteiger partial charge >= 0.3 is 6.09 Å². The fraction of sp³-hybridized carbons (Fsp3) is 0.667. The van der Waals surface area contributed by atoms with Crippen molar-refractivity contribution in [2.24, 2.45) is 5.92 Å². The van der Waals surface area contributed by atoms with Gasteiger partial charge in [0.05, 0.1) is 0 Å². The zero-order valence-electron chi connectivity index (χ0n) is 10.4. The summed E-state index contributed by atoms with van der Waals surface area (Å²) in [5, 5.41) is 9.71. The van der Waals surface area contributed by atoms with Gasteiger partial charge in [0.1, 0.15) is 6.33 Å². The van der Waals surface area contributed by atoms with Crippen LogP contribution in [0.2, 0.25) is 0 Å². The summed E-state index contributed by atoms with van der Waals surface area (Å²) in [6, 6.07) is 0. The van der Waals surface area contributed by atoms with Crippen LogP contribution in [0.15, 0.2) is 18.7 Å². The van der Waals surface area contributed by atoms with Crippen molar-refractivity contribution >= 4 is 6.09 Å². The minimum atomic E-state index is -1.05. The Morgan fingerprint density at radius 1 is 1.53 bits per heavy atom. The van der Waals surface area contributed by atoms with Gasteiger partial charge in [-0.15, -0.1) is 0 Å². The van der Waals surface area contributed by atoms with Crippen molar-refractivity contribution in [3.05, 3.63) is 18.7 Å². The van der Waals surface area contributed by atoms with Crippen LogP contribution >= 0.6 is 0 Å². The molecule has 1 unspecified atom stereocenters. The van der Waals surface area contributed by atoms with Crippen molar-refractivity contribution in [2.75, 3.05) is 0 Å². The molecule has 0 spiro atoms. The molecule has 0 amide bonds. The molecule has 2 atom stereocenters. The minimum absolute atomic E-state index is 0.0472. The van der Waals surface area contributed by atoms with E-state index in [0.29, 0.717) is 0 Å². The highest BCUT2D eigenvalue weighted by Gasteiger charge is 2.19. The van der Waals surface area contributed by atoms with E-state index in [9.17, 15) is 9.90 Å². The molecule has 1 aromatic heterocycles. The number of unbranched alkanes of at least 4 members (excludes halogenated alkanes) is 2. The number of ether oxygens (including phenoxy) is 1. The van der Waals surface area contributed by atoms with Gasteiger partial charge < -0.3 is 9.84 Å². The highest BCUT2D eigenvalue weighted by molar-refractivity contribution is 5.70. The number of imidazole rings is 1. The molecule has 0 aliphatic rings. The van der Waals surface area contributed by atoms with Gasteiger partial charge in [-0.2, -0.15) is 0 Å². The van der Waals surface area contributed by atoms with Crippen molar-refractivity contribution in [3.63, 3.8) is 0 Å². The molecule has 1 heterocycles. The number of hydrogen-bond donors (Lipinski definition) is 1. The maximum atomic E-state index is 11.5. The number of nitrogens with zero attached hydrogens (tertiary/aromatic N) is 2. The molecule has 1 aromatic rings. The summed E-state index contributed by atoms with van der Waals surface area (Å²) in [6.07, 6.45) is 6.82. The first-order valence-corrected chi connectivity index (χ1v) is 6.02. The Balaban J connectivity index is 2.32. The third kappa shape index (κ3) is 4.56. The van der Waals surface area contributed by atoms with Crippen LogP contribution in [-0.2, 0) is 4.74 Å². The highest BCUT2D eigenvalue weighted by atomic mass is 16.6. The SMILES string of the molecule is CCCCC[C@@H](C)C(O)OC(=O)n1ccnc1. The Morgan fingerprint density at radius 2 is 2.29 bits per heavy atom. The van der Waals surface area contributed by atoms with E-state index in [-0.39, 0.29) is 5.92 Å². The Morgan fingerprint density at radius 3 is 2.88 bits per heavy atom. The Bertz CT molecular complexity index is 325. The molecule has 1 rings (SSSR count). The molecular formula is C12H20N2O3. The molecule has 5 heteroatoms. The second-order valence-corrected chi connectivity index (χ2v) is 4.22. The number of carbonyl (C=O) groups excluding carboxylic acids is 1. The predicted octanol–water partition coefficient (Wildman–Crippen LogP) is 2.40. The molecule has 1 N–H and O–H groups in total. The fourth-order valence-corrected chi connectivity index (χ4v) is 1.51. The van der Waals surface area contributed by atoms with Crippen molar-refractivity contribution in [2.45, 2.75) is 45.8 Å². The molecule has 0 aliphatic heterocycles. The summed E-state index contributed by atoms with van der Waals surface area (Å²) in [5.74, 6) is -0.0472. The average molecular weight is 240 g/mol. The van der Waals surface area contributed by atoms with Crippen LogP contribution < -0.4 is 0 Å². The maximum Gasteiger partial charge on any atom is 0.421 e. The molecule has 0 aliphatic carbocycles. The topological polar surface area (TPSA) is 64.3 Å². The summed E-state index contributed by atoms with van der Waals surface area (Å²) in [6.45, 7) is 4.00. The van der Waals surface area contributed by atoms with Crippen molar-refractivity contribution in [1.29, 1.82) is 0 Å². The Labute approximate surface area is 101 Å². The number of aromatic nitrogens is 2. The maximum absolute atomic E-state index is 11.5. The van der Waals surface area contributed by atoms with Gasteiger partial charge in [0.2, 0.25) is 6.29 Å². The molecule has 0 saturated carbocycles. The van der Waals surface area contributed by atoms with E-state index in [1.54, 1.807) is 0 Å². The van der Waals surface area contributed by atoms with E-state index in [4.69, 9.17) is 4.74 Å². The van der Waals surface area contributed by atoms with Crippen molar-refractivity contribution in [1.82, 2.24) is 9.55 Å². The van der Waals surface area contributed by atoms with E-state index in [1.165, 1.54) is 23.3 Å². The quantitative estimate of drug-likeness (QED) is 0.612. The van der Waals surface area contributed by atoms with Crippen LogP contribution in [0.25, 0.3) is 0 Å². The average Bonchev–Trinajstić information content (AvgIpc) is 2.82. The molecule has 0 fully saturated rings. The van der Waals surface area contributed by atoms with Gasteiger partial charge in [-0.25, -0.2) is 14.3 Å². The second kappa shape index (κ2) is 7.06. The first kappa shape index (κ1) is 13.7. The second-order valence-electron chi connectivity index (χ2n) is 4.22. The molecule has 0 radical (unpaired) electrons.